The molecule has 150 valence electrons. The predicted molar refractivity (Wildman–Crippen MR) is 103 cm³/mol. The molecular formula is C19H30N4O4. The van der Waals surface area contributed by atoms with E-state index in [2.05, 4.69) is 4.98 Å². The van der Waals surface area contributed by atoms with Crippen molar-refractivity contribution in [1.29, 1.82) is 0 Å². The van der Waals surface area contributed by atoms with E-state index < -0.39 is 0 Å². The molecule has 2 heterocycles. The maximum atomic E-state index is 12.8. The SMILES string of the molecule is CCCn1c(=O)c2[nH]c([C@H]3CC[C@@H](OCOC)CC3)nc2n(CCC)c1=O. The first-order chi connectivity index (χ1) is 13.1. The van der Waals surface area contributed by atoms with Crippen molar-refractivity contribution in [3.05, 3.63) is 26.7 Å². The normalized spacial score (nSPS) is 20.4. The number of rotatable bonds is 8. The van der Waals surface area contributed by atoms with Gasteiger partial charge in [-0.2, -0.15) is 0 Å². The summed E-state index contributed by atoms with van der Waals surface area (Å²) in [5.74, 6) is 1.06. The summed E-state index contributed by atoms with van der Waals surface area (Å²) in [7, 11) is 1.63. The van der Waals surface area contributed by atoms with Gasteiger partial charge in [-0.05, 0) is 38.5 Å². The molecule has 0 amide bonds. The van der Waals surface area contributed by atoms with E-state index >= 15 is 0 Å². The van der Waals surface area contributed by atoms with Crippen molar-refractivity contribution in [3.63, 3.8) is 0 Å². The largest absolute Gasteiger partial charge is 0.359 e. The van der Waals surface area contributed by atoms with Crippen molar-refractivity contribution in [1.82, 2.24) is 19.1 Å². The molecular weight excluding hydrogens is 348 g/mol. The summed E-state index contributed by atoms with van der Waals surface area (Å²) in [6.45, 7) is 5.28. The van der Waals surface area contributed by atoms with Gasteiger partial charge in [0.05, 0.1) is 6.10 Å². The molecule has 0 bridgehead atoms. The lowest BCUT2D eigenvalue weighted by Gasteiger charge is -2.27. The third kappa shape index (κ3) is 4.01. The minimum absolute atomic E-state index is 0.214. The monoisotopic (exact) mass is 378 g/mol. The van der Waals surface area contributed by atoms with E-state index in [4.69, 9.17) is 14.5 Å². The number of H-pyrrole nitrogens is 1. The second kappa shape index (κ2) is 8.84. The van der Waals surface area contributed by atoms with Crippen LogP contribution in [0.2, 0.25) is 0 Å². The molecule has 0 aromatic carbocycles. The Bertz CT molecular complexity index is 874. The zero-order valence-corrected chi connectivity index (χ0v) is 16.5. The zero-order chi connectivity index (χ0) is 19.4. The average Bonchev–Trinajstić information content (AvgIpc) is 3.13. The molecule has 0 radical (unpaired) electrons. The Morgan fingerprint density at radius 3 is 2.37 bits per heavy atom. The van der Waals surface area contributed by atoms with Crippen molar-refractivity contribution in [2.75, 3.05) is 13.9 Å². The van der Waals surface area contributed by atoms with Crippen LogP contribution in [0.3, 0.4) is 0 Å². The van der Waals surface area contributed by atoms with E-state index in [0.29, 0.717) is 31.0 Å². The second-order valence-electron chi connectivity index (χ2n) is 7.26. The topological polar surface area (TPSA) is 91.1 Å². The van der Waals surface area contributed by atoms with Crippen molar-refractivity contribution < 1.29 is 9.47 Å². The van der Waals surface area contributed by atoms with Gasteiger partial charge in [0.1, 0.15) is 18.1 Å². The van der Waals surface area contributed by atoms with Crippen molar-refractivity contribution in [3.8, 4) is 0 Å². The molecule has 1 N–H and O–H groups in total. The van der Waals surface area contributed by atoms with Gasteiger partial charge in [-0.1, -0.05) is 13.8 Å². The fraction of sp³-hybridized carbons (Fsp3) is 0.737. The van der Waals surface area contributed by atoms with Crippen molar-refractivity contribution >= 4 is 11.2 Å². The molecule has 0 saturated heterocycles. The summed E-state index contributed by atoms with van der Waals surface area (Å²) in [5.41, 5.74) is 0.419. The van der Waals surface area contributed by atoms with Crippen LogP contribution >= 0.6 is 0 Å². The predicted octanol–water partition coefficient (Wildman–Crippen LogP) is 2.35. The number of nitrogens with zero attached hydrogens (tertiary/aromatic N) is 3. The molecule has 1 saturated carbocycles. The minimum Gasteiger partial charge on any atom is -0.359 e. The summed E-state index contributed by atoms with van der Waals surface area (Å²) >= 11 is 0. The molecule has 8 nitrogen and oxygen atoms in total. The molecule has 1 fully saturated rings. The van der Waals surface area contributed by atoms with Gasteiger partial charge < -0.3 is 14.5 Å². The number of hydrogen-bond donors (Lipinski definition) is 1. The number of nitrogens with one attached hydrogen (secondary N) is 1. The molecule has 1 aliphatic rings. The summed E-state index contributed by atoms with van der Waals surface area (Å²) in [6.07, 6.45) is 5.51. The molecule has 8 heteroatoms. The van der Waals surface area contributed by atoms with Crippen LogP contribution in [0, 0.1) is 0 Å². The fourth-order valence-electron chi connectivity index (χ4n) is 3.89. The highest BCUT2D eigenvalue weighted by Crippen LogP contribution is 2.33. The summed E-state index contributed by atoms with van der Waals surface area (Å²) < 4.78 is 13.6. The Kier molecular flexibility index (Phi) is 6.49. The second-order valence-corrected chi connectivity index (χ2v) is 7.26. The van der Waals surface area contributed by atoms with Gasteiger partial charge in [0.25, 0.3) is 5.56 Å². The Morgan fingerprint density at radius 2 is 1.74 bits per heavy atom. The van der Waals surface area contributed by atoms with Gasteiger partial charge in [0.15, 0.2) is 5.65 Å². The van der Waals surface area contributed by atoms with E-state index in [-0.39, 0.29) is 23.3 Å². The number of aromatic amines is 1. The summed E-state index contributed by atoms with van der Waals surface area (Å²) in [6, 6.07) is 0. The van der Waals surface area contributed by atoms with Gasteiger partial charge in [0.2, 0.25) is 0 Å². The van der Waals surface area contributed by atoms with Crippen molar-refractivity contribution in [2.24, 2.45) is 0 Å². The lowest BCUT2D eigenvalue weighted by molar-refractivity contribution is -0.0834. The molecule has 2 aromatic rings. The maximum Gasteiger partial charge on any atom is 0.332 e. The molecule has 2 aromatic heterocycles. The molecule has 0 aliphatic heterocycles. The first-order valence-electron chi connectivity index (χ1n) is 9.94. The molecule has 0 spiro atoms. The van der Waals surface area contributed by atoms with E-state index in [0.717, 1.165) is 44.3 Å². The Balaban J connectivity index is 1.93. The molecule has 0 atom stereocenters. The highest BCUT2D eigenvalue weighted by molar-refractivity contribution is 5.70. The van der Waals surface area contributed by atoms with Crippen LogP contribution in [0.25, 0.3) is 11.2 Å². The van der Waals surface area contributed by atoms with Crippen molar-refractivity contribution in [2.45, 2.75) is 77.5 Å². The van der Waals surface area contributed by atoms with E-state index in [1.165, 1.54) is 4.57 Å². The molecule has 27 heavy (non-hydrogen) atoms. The number of imidazole rings is 1. The first kappa shape index (κ1) is 19.8. The van der Waals surface area contributed by atoms with Gasteiger partial charge in [-0.25, -0.2) is 9.78 Å². The first-order valence-corrected chi connectivity index (χ1v) is 9.94. The van der Waals surface area contributed by atoms with E-state index in [1.807, 2.05) is 13.8 Å². The molecule has 0 unspecified atom stereocenters. The van der Waals surface area contributed by atoms with Crippen LogP contribution in [0.1, 0.15) is 64.1 Å². The van der Waals surface area contributed by atoms with Gasteiger partial charge in [-0.15, -0.1) is 0 Å². The average molecular weight is 378 g/mol. The van der Waals surface area contributed by atoms with Gasteiger partial charge in [0, 0.05) is 26.1 Å². The van der Waals surface area contributed by atoms with Gasteiger partial charge >= 0.3 is 5.69 Å². The van der Waals surface area contributed by atoms with Crippen LogP contribution in [0.15, 0.2) is 9.59 Å². The highest BCUT2D eigenvalue weighted by atomic mass is 16.7. The third-order valence-electron chi connectivity index (χ3n) is 5.26. The zero-order valence-electron chi connectivity index (χ0n) is 16.5. The van der Waals surface area contributed by atoms with Crippen LogP contribution in [-0.4, -0.2) is 39.1 Å². The van der Waals surface area contributed by atoms with Crippen LogP contribution in [0.5, 0.6) is 0 Å². The van der Waals surface area contributed by atoms with E-state index in [1.54, 1.807) is 11.7 Å². The fourth-order valence-corrected chi connectivity index (χ4v) is 3.89. The Hall–Kier alpha value is -1.93. The van der Waals surface area contributed by atoms with Crippen LogP contribution < -0.4 is 11.2 Å². The quantitative estimate of drug-likeness (QED) is 0.712. The Labute approximate surface area is 158 Å². The lowest BCUT2D eigenvalue weighted by atomic mass is 9.87. The smallest absolute Gasteiger partial charge is 0.332 e. The third-order valence-corrected chi connectivity index (χ3v) is 5.26. The summed E-state index contributed by atoms with van der Waals surface area (Å²) in [4.78, 5) is 33.5. The number of hydrogen-bond acceptors (Lipinski definition) is 5. The summed E-state index contributed by atoms with van der Waals surface area (Å²) in [5, 5.41) is 0. The number of fused-ring (bicyclic) bond motifs is 1. The van der Waals surface area contributed by atoms with Crippen LogP contribution in [-0.2, 0) is 22.6 Å². The molecule has 3 rings (SSSR count). The minimum atomic E-state index is -0.264. The number of aromatic nitrogens is 4. The van der Waals surface area contributed by atoms with Gasteiger partial charge in [-0.3, -0.25) is 13.9 Å². The standard InChI is InChI=1S/C19H30N4O4/c1-4-10-22-17-15(18(24)23(11-5-2)19(22)25)20-16(21-17)13-6-8-14(9-7-13)27-12-26-3/h13-14H,4-12H2,1-3H3,(H,20,21)/t13-,14+. The highest BCUT2D eigenvalue weighted by Gasteiger charge is 2.26. The number of aryl methyl sites for hydroxylation is 1. The number of ether oxygens (including phenoxy) is 2. The van der Waals surface area contributed by atoms with E-state index in [9.17, 15) is 9.59 Å². The van der Waals surface area contributed by atoms with Crippen LogP contribution in [0.4, 0.5) is 0 Å². The maximum absolute atomic E-state index is 12.8. The number of methoxy groups -OCH3 is 1. The Morgan fingerprint density at radius 1 is 1.07 bits per heavy atom. The molecule has 1 aliphatic carbocycles. The lowest BCUT2D eigenvalue weighted by Crippen LogP contribution is -2.40.